The van der Waals surface area contributed by atoms with E-state index in [0.717, 1.165) is 45.5 Å². The molecule has 0 fully saturated rings. The molecule has 3 heterocycles. The van der Waals surface area contributed by atoms with Crippen LogP contribution in [0.2, 0.25) is 26.2 Å². The van der Waals surface area contributed by atoms with Crippen LogP contribution in [0.4, 0.5) is 17.1 Å². The van der Waals surface area contributed by atoms with E-state index >= 15 is 0 Å². The molecular formula is C49H43NO2SSi2. The molecule has 0 N–H and O–H groups in total. The molecule has 270 valence electrons. The number of para-hydroxylation sites is 4. The van der Waals surface area contributed by atoms with Gasteiger partial charge in [-0.15, -0.1) is 0 Å². The minimum absolute atomic E-state index is 0.182. The van der Waals surface area contributed by atoms with Gasteiger partial charge in [0.05, 0.1) is 11.4 Å². The van der Waals surface area contributed by atoms with Crippen LogP contribution in [0.15, 0.2) is 161 Å². The fraction of sp³-hybridized carbons (Fsp3) is 0.143. The standard InChI is InChI=1S/C49H43NO2SSi2/c1-49(2)35-17-7-8-21-39(35)51-46-34(16-13-18-36(46)49)32-28-30-33(31-29-32)50(37-19-14-26-44-47(37)52-40-22-9-11-24-42(40)54(44,3)4)38-20-15-27-45-48(38)53-41-23-10-12-25-43(41)55(45,5)6/h7-31H,1-6H3. The van der Waals surface area contributed by atoms with Crippen molar-refractivity contribution in [3.8, 4) is 34.1 Å². The van der Waals surface area contributed by atoms with Gasteiger partial charge in [-0.05, 0) is 68.8 Å². The number of hydrogen-bond donors (Lipinski definition) is 0. The highest BCUT2D eigenvalue weighted by molar-refractivity contribution is 8.00. The smallest absolute Gasteiger partial charge is 0.151 e. The molecule has 0 aromatic heterocycles. The normalized spacial score (nSPS) is 16.1. The van der Waals surface area contributed by atoms with Gasteiger partial charge in [0.15, 0.2) is 5.75 Å². The first kappa shape index (κ1) is 34.2. The Labute approximate surface area is 330 Å². The van der Waals surface area contributed by atoms with Crippen LogP contribution in [0.5, 0.6) is 23.0 Å². The van der Waals surface area contributed by atoms with E-state index in [4.69, 9.17) is 9.47 Å². The summed E-state index contributed by atoms with van der Waals surface area (Å²) in [6.45, 7) is 14.5. The van der Waals surface area contributed by atoms with Crippen LogP contribution in [0.1, 0.15) is 25.0 Å². The summed E-state index contributed by atoms with van der Waals surface area (Å²) in [6, 6.07) is 55.4. The lowest BCUT2D eigenvalue weighted by molar-refractivity contribution is 0.419. The van der Waals surface area contributed by atoms with Crippen LogP contribution in [0.25, 0.3) is 11.1 Å². The molecule has 10 rings (SSSR count). The maximum atomic E-state index is 6.99. The number of benzene rings is 7. The summed E-state index contributed by atoms with van der Waals surface area (Å²) >= 11 is 1.91. The summed E-state index contributed by atoms with van der Waals surface area (Å²) in [5, 5.41) is 5.63. The highest BCUT2D eigenvalue weighted by Gasteiger charge is 2.41. The van der Waals surface area contributed by atoms with Gasteiger partial charge in [0, 0.05) is 37.6 Å². The molecule has 7 aromatic carbocycles. The Hall–Kier alpha value is -5.28. The summed E-state index contributed by atoms with van der Waals surface area (Å²) in [4.78, 5) is 5.15. The maximum Gasteiger partial charge on any atom is 0.151 e. The molecule has 0 bridgehead atoms. The molecule has 7 aromatic rings. The largest absolute Gasteiger partial charge is 0.456 e. The van der Waals surface area contributed by atoms with E-state index in [1.54, 1.807) is 0 Å². The zero-order valence-corrected chi connectivity index (χ0v) is 34.9. The van der Waals surface area contributed by atoms with Gasteiger partial charge in [0.2, 0.25) is 0 Å². The average molecular weight is 766 g/mol. The minimum atomic E-state index is -2.08. The molecule has 3 aliphatic heterocycles. The van der Waals surface area contributed by atoms with Gasteiger partial charge in [-0.2, -0.15) is 0 Å². The van der Waals surface area contributed by atoms with Crippen molar-refractivity contribution in [2.75, 3.05) is 4.90 Å². The Bertz CT molecular complexity index is 2570. The summed E-state index contributed by atoms with van der Waals surface area (Å²) in [6.07, 6.45) is 0. The number of anilines is 3. The molecule has 3 nitrogen and oxygen atoms in total. The lowest BCUT2D eigenvalue weighted by atomic mass is 9.75. The number of rotatable bonds is 4. The lowest BCUT2D eigenvalue weighted by Gasteiger charge is -2.39. The quantitative estimate of drug-likeness (QED) is 0.166. The van der Waals surface area contributed by atoms with E-state index in [2.05, 4.69) is 197 Å². The number of ether oxygens (including phenoxy) is 2. The topological polar surface area (TPSA) is 21.7 Å². The van der Waals surface area contributed by atoms with Crippen molar-refractivity contribution in [3.63, 3.8) is 0 Å². The van der Waals surface area contributed by atoms with Gasteiger partial charge in [-0.25, -0.2) is 0 Å². The Balaban J connectivity index is 1.15. The van der Waals surface area contributed by atoms with Gasteiger partial charge in [-0.1, -0.05) is 161 Å². The zero-order valence-electron chi connectivity index (χ0n) is 32.1. The van der Waals surface area contributed by atoms with Crippen molar-refractivity contribution in [2.24, 2.45) is 0 Å². The summed E-state index contributed by atoms with van der Waals surface area (Å²) in [5.74, 6) is 3.80. The molecule has 55 heavy (non-hydrogen) atoms. The van der Waals surface area contributed by atoms with Crippen molar-refractivity contribution in [3.05, 3.63) is 163 Å². The molecule has 0 radical (unpaired) electrons. The molecule has 0 saturated heterocycles. The third-order valence-electron chi connectivity index (χ3n) is 12.3. The third kappa shape index (κ3) is 5.15. The van der Waals surface area contributed by atoms with Crippen LogP contribution >= 0.6 is 11.8 Å². The van der Waals surface area contributed by atoms with E-state index in [1.807, 2.05) is 11.8 Å². The van der Waals surface area contributed by atoms with E-state index in [-0.39, 0.29) is 5.41 Å². The van der Waals surface area contributed by atoms with E-state index < -0.39 is 16.1 Å². The van der Waals surface area contributed by atoms with E-state index in [0.29, 0.717) is 0 Å². The van der Waals surface area contributed by atoms with E-state index in [1.165, 1.54) is 47.4 Å². The first-order chi connectivity index (χ1) is 26.5. The fourth-order valence-corrected chi connectivity index (χ4v) is 17.5. The monoisotopic (exact) mass is 765 g/mol. The molecule has 0 spiro atoms. The average Bonchev–Trinajstić information content (AvgIpc) is 3.19. The molecular weight excluding hydrogens is 723 g/mol. The lowest BCUT2D eigenvalue weighted by Crippen LogP contribution is -2.56. The summed E-state index contributed by atoms with van der Waals surface area (Å²) < 4.78 is 13.7. The summed E-state index contributed by atoms with van der Waals surface area (Å²) in [7, 11) is -4.08. The Kier molecular flexibility index (Phi) is 7.70. The predicted molar refractivity (Wildman–Crippen MR) is 236 cm³/mol. The Morgan fingerprint density at radius 1 is 0.491 bits per heavy atom. The molecule has 0 atom stereocenters. The number of nitrogens with zero attached hydrogens (tertiary/aromatic N) is 1. The molecule has 0 unspecified atom stereocenters. The van der Waals surface area contributed by atoms with Crippen molar-refractivity contribution in [1.82, 2.24) is 0 Å². The second-order valence-corrected chi connectivity index (χ2v) is 26.2. The van der Waals surface area contributed by atoms with Crippen LogP contribution < -0.4 is 35.1 Å². The fourth-order valence-electron chi connectivity index (χ4n) is 9.15. The first-order valence-electron chi connectivity index (χ1n) is 19.2. The molecule has 0 aliphatic carbocycles. The molecule has 0 saturated carbocycles. The Morgan fingerprint density at radius 2 is 1.07 bits per heavy atom. The second-order valence-electron chi connectivity index (χ2n) is 16.5. The summed E-state index contributed by atoms with van der Waals surface area (Å²) in [5.41, 5.74) is 7.78. The minimum Gasteiger partial charge on any atom is -0.456 e. The highest BCUT2D eigenvalue weighted by atomic mass is 32.2. The van der Waals surface area contributed by atoms with Crippen LogP contribution in [0, 0.1) is 0 Å². The van der Waals surface area contributed by atoms with Crippen molar-refractivity contribution in [1.29, 1.82) is 0 Å². The SMILES string of the molecule is CC1(C)c2ccccc2Oc2c(-c3ccc(N(c4cccc5c4Oc4ccccc4[Si]5(C)C)c4cccc5c4Sc4ccccc4[Si]5(C)C)cc3)cccc21. The van der Waals surface area contributed by atoms with Gasteiger partial charge >= 0.3 is 0 Å². The van der Waals surface area contributed by atoms with Crippen molar-refractivity contribution < 1.29 is 9.47 Å². The highest BCUT2D eigenvalue weighted by Crippen LogP contribution is 2.52. The van der Waals surface area contributed by atoms with Gasteiger partial charge in [-0.3, -0.25) is 0 Å². The zero-order chi connectivity index (χ0) is 37.7. The van der Waals surface area contributed by atoms with Gasteiger partial charge < -0.3 is 14.4 Å². The van der Waals surface area contributed by atoms with Gasteiger partial charge in [0.1, 0.15) is 33.4 Å². The van der Waals surface area contributed by atoms with Crippen LogP contribution in [-0.4, -0.2) is 16.1 Å². The first-order valence-corrected chi connectivity index (χ1v) is 26.0. The van der Waals surface area contributed by atoms with Crippen LogP contribution in [0.3, 0.4) is 0 Å². The van der Waals surface area contributed by atoms with Crippen molar-refractivity contribution >= 4 is 65.7 Å². The number of hydrogen-bond acceptors (Lipinski definition) is 4. The molecule has 6 heteroatoms. The molecule has 0 amide bonds. The van der Waals surface area contributed by atoms with Gasteiger partial charge in [0.25, 0.3) is 0 Å². The predicted octanol–water partition coefficient (Wildman–Crippen LogP) is 11.5. The number of fused-ring (bicyclic) bond motifs is 6. The van der Waals surface area contributed by atoms with Crippen LogP contribution in [-0.2, 0) is 5.41 Å². The second kappa shape index (κ2) is 12.4. The maximum absolute atomic E-state index is 6.99. The Morgan fingerprint density at radius 3 is 1.87 bits per heavy atom. The van der Waals surface area contributed by atoms with E-state index in [9.17, 15) is 0 Å². The molecule has 3 aliphatic rings. The third-order valence-corrected chi connectivity index (χ3v) is 20.9. The van der Waals surface area contributed by atoms with Crippen molar-refractivity contribution in [2.45, 2.75) is 55.2 Å².